The predicted octanol–water partition coefficient (Wildman–Crippen LogP) is 1.92. The second kappa shape index (κ2) is 9.46. The number of sulfone groups is 1. The first-order valence-electron chi connectivity index (χ1n) is 8.67. The van der Waals surface area contributed by atoms with E-state index in [1.807, 2.05) is 0 Å². The van der Waals surface area contributed by atoms with Gasteiger partial charge in [-0.1, -0.05) is 30.4 Å². The van der Waals surface area contributed by atoms with Crippen molar-refractivity contribution in [2.75, 3.05) is 11.1 Å². The fourth-order valence-corrected chi connectivity index (χ4v) is 3.49. The maximum absolute atomic E-state index is 12.4. The molecule has 0 heterocycles. The molecular weight excluding hydrogens is 396 g/mol. The Bertz CT molecular complexity index is 983. The van der Waals surface area contributed by atoms with Crippen LogP contribution in [0.4, 0.5) is 5.69 Å². The summed E-state index contributed by atoms with van der Waals surface area (Å²) in [5.74, 6) is -1.62. The number of carbonyl (C=O) groups excluding carboxylic acids is 2. The van der Waals surface area contributed by atoms with Gasteiger partial charge in [0.1, 0.15) is 5.60 Å². The zero-order valence-corrected chi connectivity index (χ0v) is 16.5. The average molecular weight is 418 g/mol. The number of carbonyl (C=O) groups is 2. The third-order valence-corrected chi connectivity index (χ3v) is 5.72. The molecule has 0 fully saturated rings. The number of nitrogens with one attached hydrogen (secondary N) is 2. The van der Waals surface area contributed by atoms with Crippen molar-refractivity contribution in [3.63, 3.8) is 0 Å². The highest BCUT2D eigenvalue weighted by molar-refractivity contribution is 7.91. The maximum atomic E-state index is 12.4. The molecular formula is C20H22N2O6S. The van der Waals surface area contributed by atoms with Gasteiger partial charge in [0.05, 0.1) is 10.6 Å². The van der Waals surface area contributed by atoms with Crippen LogP contribution in [-0.4, -0.2) is 41.9 Å². The molecule has 0 saturated carbocycles. The van der Waals surface area contributed by atoms with Crippen LogP contribution in [0.1, 0.15) is 23.7 Å². The Labute approximate surface area is 168 Å². The standard InChI is InChI=1S/C20H22N2O6S/c1-20(25,19(24)22-26)13-5-6-14-29(27,28)17-11-9-16(10-12-17)21-18(23)15-7-3-2-4-8-15/h2-12,25-26H,13-14H2,1H3,(H,21,23)(H,22,24). The van der Waals surface area contributed by atoms with Crippen molar-refractivity contribution in [3.8, 4) is 0 Å². The highest BCUT2D eigenvalue weighted by Gasteiger charge is 2.28. The van der Waals surface area contributed by atoms with E-state index in [0.29, 0.717) is 11.3 Å². The van der Waals surface area contributed by atoms with Crippen LogP contribution in [0.2, 0.25) is 0 Å². The molecule has 0 aliphatic heterocycles. The third kappa shape index (κ3) is 6.24. The first-order chi connectivity index (χ1) is 13.7. The van der Waals surface area contributed by atoms with E-state index in [0.717, 1.165) is 0 Å². The van der Waals surface area contributed by atoms with Gasteiger partial charge in [-0.15, -0.1) is 0 Å². The first-order valence-corrected chi connectivity index (χ1v) is 10.3. The van der Waals surface area contributed by atoms with E-state index >= 15 is 0 Å². The minimum absolute atomic E-state index is 0.0692. The van der Waals surface area contributed by atoms with E-state index in [-0.39, 0.29) is 23.0 Å². The lowest BCUT2D eigenvalue weighted by molar-refractivity contribution is -0.146. The zero-order chi connectivity index (χ0) is 21.5. The van der Waals surface area contributed by atoms with Crippen LogP contribution in [0.15, 0.2) is 71.6 Å². The number of hydrogen-bond donors (Lipinski definition) is 4. The van der Waals surface area contributed by atoms with Crippen LogP contribution in [-0.2, 0) is 14.6 Å². The fraction of sp³-hybridized carbons (Fsp3) is 0.200. The maximum Gasteiger partial charge on any atom is 0.275 e. The third-order valence-electron chi connectivity index (χ3n) is 4.10. The summed E-state index contributed by atoms with van der Waals surface area (Å²) in [6, 6.07) is 14.4. The minimum atomic E-state index is -3.63. The van der Waals surface area contributed by atoms with Crippen LogP contribution >= 0.6 is 0 Å². The van der Waals surface area contributed by atoms with Gasteiger partial charge in [0, 0.05) is 17.7 Å². The summed E-state index contributed by atoms with van der Waals surface area (Å²) in [6.45, 7) is 1.19. The second-order valence-corrected chi connectivity index (χ2v) is 8.55. The van der Waals surface area contributed by atoms with Crippen molar-refractivity contribution >= 4 is 27.3 Å². The predicted molar refractivity (Wildman–Crippen MR) is 107 cm³/mol. The SMILES string of the molecule is CC(O)(CC=CCS(=O)(=O)c1ccc(NC(=O)c2ccccc2)cc1)C(=O)NO. The zero-order valence-electron chi connectivity index (χ0n) is 15.7. The molecule has 2 amide bonds. The Kier molecular flexibility index (Phi) is 7.27. The summed E-state index contributed by atoms with van der Waals surface area (Å²) in [4.78, 5) is 23.4. The fourth-order valence-electron chi connectivity index (χ4n) is 2.36. The number of aliphatic hydroxyl groups is 1. The van der Waals surface area contributed by atoms with Gasteiger partial charge in [-0.05, 0) is 43.3 Å². The molecule has 0 aliphatic carbocycles. The molecule has 2 aromatic rings. The Balaban J connectivity index is 1.98. The normalized spacial score (nSPS) is 13.6. The van der Waals surface area contributed by atoms with Gasteiger partial charge in [0.15, 0.2) is 9.84 Å². The highest BCUT2D eigenvalue weighted by atomic mass is 32.2. The lowest BCUT2D eigenvalue weighted by Crippen LogP contribution is -2.42. The van der Waals surface area contributed by atoms with Crippen LogP contribution in [0, 0.1) is 0 Å². The van der Waals surface area contributed by atoms with Crippen LogP contribution in [0.5, 0.6) is 0 Å². The lowest BCUT2D eigenvalue weighted by atomic mass is 10.0. The van der Waals surface area contributed by atoms with Gasteiger partial charge in [-0.3, -0.25) is 14.8 Å². The summed E-state index contributed by atoms with van der Waals surface area (Å²) in [6.07, 6.45) is 2.50. The van der Waals surface area contributed by atoms with Gasteiger partial charge in [-0.2, -0.15) is 0 Å². The van der Waals surface area contributed by atoms with Gasteiger partial charge in [0.25, 0.3) is 11.8 Å². The number of hydrogen-bond acceptors (Lipinski definition) is 6. The number of hydroxylamine groups is 1. The molecule has 0 saturated heterocycles. The summed E-state index contributed by atoms with van der Waals surface area (Å²) >= 11 is 0. The van der Waals surface area contributed by atoms with Gasteiger partial charge in [0.2, 0.25) is 0 Å². The molecule has 9 heteroatoms. The molecule has 2 aromatic carbocycles. The average Bonchev–Trinajstić information content (AvgIpc) is 2.71. The number of anilines is 1. The number of amides is 2. The number of benzene rings is 2. The van der Waals surface area contributed by atoms with Crippen LogP contribution < -0.4 is 10.8 Å². The van der Waals surface area contributed by atoms with Crippen LogP contribution in [0.25, 0.3) is 0 Å². The summed E-state index contributed by atoms with van der Waals surface area (Å²) in [5, 5.41) is 21.0. The molecule has 4 N–H and O–H groups in total. The molecule has 0 bridgehead atoms. The van der Waals surface area contributed by atoms with Crippen molar-refractivity contribution in [3.05, 3.63) is 72.3 Å². The van der Waals surface area contributed by atoms with E-state index in [1.165, 1.54) is 48.8 Å². The monoisotopic (exact) mass is 418 g/mol. The van der Waals surface area contributed by atoms with E-state index in [2.05, 4.69) is 5.32 Å². The lowest BCUT2D eigenvalue weighted by Gasteiger charge is -2.18. The van der Waals surface area contributed by atoms with Crippen molar-refractivity contribution in [1.29, 1.82) is 0 Å². The summed E-state index contributed by atoms with van der Waals surface area (Å²) in [5.41, 5.74) is 0.437. The minimum Gasteiger partial charge on any atom is -0.380 e. The van der Waals surface area contributed by atoms with Crippen molar-refractivity contribution < 1.29 is 28.3 Å². The Morgan fingerprint density at radius 1 is 1.03 bits per heavy atom. The topological polar surface area (TPSA) is 133 Å². The number of rotatable bonds is 8. The molecule has 1 atom stereocenters. The quantitative estimate of drug-likeness (QED) is 0.294. The van der Waals surface area contributed by atoms with Gasteiger partial charge < -0.3 is 10.4 Å². The van der Waals surface area contributed by atoms with Gasteiger partial charge in [-0.25, -0.2) is 13.9 Å². The van der Waals surface area contributed by atoms with E-state index < -0.39 is 21.3 Å². The Morgan fingerprint density at radius 2 is 1.66 bits per heavy atom. The van der Waals surface area contributed by atoms with E-state index in [4.69, 9.17) is 5.21 Å². The summed E-state index contributed by atoms with van der Waals surface area (Å²) in [7, 11) is -3.63. The molecule has 8 nitrogen and oxygen atoms in total. The molecule has 29 heavy (non-hydrogen) atoms. The Morgan fingerprint density at radius 3 is 2.24 bits per heavy atom. The molecule has 0 radical (unpaired) electrons. The van der Waals surface area contributed by atoms with Gasteiger partial charge >= 0.3 is 0 Å². The molecule has 1 unspecified atom stereocenters. The molecule has 154 valence electrons. The second-order valence-electron chi connectivity index (χ2n) is 6.52. The van der Waals surface area contributed by atoms with Crippen LogP contribution in [0.3, 0.4) is 0 Å². The summed E-state index contributed by atoms with van der Waals surface area (Å²) < 4.78 is 24.8. The van der Waals surface area contributed by atoms with Crippen molar-refractivity contribution in [2.24, 2.45) is 0 Å². The molecule has 2 rings (SSSR count). The van der Waals surface area contributed by atoms with Crippen molar-refractivity contribution in [1.82, 2.24) is 5.48 Å². The highest BCUT2D eigenvalue weighted by Crippen LogP contribution is 2.17. The Hall–Kier alpha value is -3.01. The smallest absolute Gasteiger partial charge is 0.275 e. The van der Waals surface area contributed by atoms with Crippen molar-refractivity contribution in [2.45, 2.75) is 23.8 Å². The van der Waals surface area contributed by atoms with E-state index in [1.54, 1.807) is 30.3 Å². The molecule has 0 spiro atoms. The first kappa shape index (κ1) is 22.3. The molecule has 0 aliphatic rings. The van der Waals surface area contributed by atoms with E-state index in [9.17, 15) is 23.1 Å². The largest absolute Gasteiger partial charge is 0.380 e. The molecule has 0 aromatic heterocycles.